The predicted octanol–water partition coefficient (Wildman–Crippen LogP) is 3.63. The monoisotopic (exact) mass is 382 g/mol. The summed E-state index contributed by atoms with van der Waals surface area (Å²) in [6, 6.07) is 10.4. The Balaban J connectivity index is 1.87. The number of carbonyl (C=O) groups excluding carboxylic acids is 2. The van der Waals surface area contributed by atoms with Gasteiger partial charge in [-0.15, -0.1) is 0 Å². The van der Waals surface area contributed by atoms with Crippen molar-refractivity contribution in [3.8, 4) is 0 Å². The molecule has 2 rings (SSSR count). The Morgan fingerprint density at radius 1 is 1.12 bits per heavy atom. The highest BCUT2D eigenvalue weighted by Crippen LogP contribution is 2.26. The van der Waals surface area contributed by atoms with Crippen molar-refractivity contribution >= 4 is 46.5 Å². The number of amides is 1. The van der Waals surface area contributed by atoms with E-state index < -0.39 is 23.4 Å². The van der Waals surface area contributed by atoms with Crippen LogP contribution >= 0.6 is 23.2 Å². The van der Waals surface area contributed by atoms with Gasteiger partial charge in [0.1, 0.15) is 0 Å². The van der Waals surface area contributed by atoms with Gasteiger partial charge in [0.2, 0.25) is 0 Å². The van der Waals surface area contributed by atoms with Crippen molar-refractivity contribution < 1.29 is 19.2 Å². The number of non-ortho nitro benzene ring substituents is 1. The SMILES string of the molecule is O=C(COC(=O)Cc1ccccc1Cl)Nc1ccc([N+](=O)[O-])cc1Cl. The Kier molecular flexibility index (Phi) is 6.32. The van der Waals surface area contributed by atoms with Crippen molar-refractivity contribution in [1.29, 1.82) is 0 Å². The number of nitro groups is 1. The highest BCUT2D eigenvalue weighted by Gasteiger charge is 2.14. The number of esters is 1. The van der Waals surface area contributed by atoms with Crippen LogP contribution in [0, 0.1) is 10.1 Å². The third-order valence-electron chi connectivity index (χ3n) is 3.09. The maximum absolute atomic E-state index is 11.8. The number of rotatable bonds is 6. The van der Waals surface area contributed by atoms with Gasteiger partial charge in [-0.3, -0.25) is 19.7 Å². The van der Waals surface area contributed by atoms with E-state index in [0.29, 0.717) is 10.6 Å². The van der Waals surface area contributed by atoms with E-state index in [1.54, 1.807) is 24.3 Å². The van der Waals surface area contributed by atoms with Crippen molar-refractivity contribution in [3.63, 3.8) is 0 Å². The zero-order valence-electron chi connectivity index (χ0n) is 12.7. The van der Waals surface area contributed by atoms with Crippen LogP contribution in [0.4, 0.5) is 11.4 Å². The summed E-state index contributed by atoms with van der Waals surface area (Å²) < 4.78 is 4.88. The first-order chi connectivity index (χ1) is 11.9. The lowest BCUT2D eigenvalue weighted by molar-refractivity contribution is -0.384. The molecule has 0 heterocycles. The molecule has 0 fully saturated rings. The lowest BCUT2D eigenvalue weighted by Gasteiger charge is -2.08. The molecule has 0 aromatic heterocycles. The molecule has 0 saturated carbocycles. The summed E-state index contributed by atoms with van der Waals surface area (Å²) in [4.78, 5) is 33.6. The van der Waals surface area contributed by atoms with Crippen LogP contribution in [-0.2, 0) is 20.7 Å². The number of nitro benzene ring substituents is 1. The zero-order chi connectivity index (χ0) is 18.4. The van der Waals surface area contributed by atoms with Gasteiger partial charge >= 0.3 is 5.97 Å². The van der Waals surface area contributed by atoms with Crippen molar-refractivity contribution in [1.82, 2.24) is 0 Å². The minimum atomic E-state index is -0.622. The number of halogens is 2. The lowest BCUT2D eigenvalue weighted by Crippen LogP contribution is -2.21. The lowest BCUT2D eigenvalue weighted by atomic mass is 10.1. The number of ether oxygens (including phenoxy) is 1. The molecule has 0 aliphatic carbocycles. The predicted molar refractivity (Wildman–Crippen MR) is 92.9 cm³/mol. The molecule has 7 nitrogen and oxygen atoms in total. The average Bonchev–Trinajstić information content (AvgIpc) is 2.57. The molecule has 0 aliphatic heterocycles. The highest BCUT2D eigenvalue weighted by molar-refractivity contribution is 6.34. The number of nitrogens with zero attached hydrogens (tertiary/aromatic N) is 1. The van der Waals surface area contributed by atoms with Crippen LogP contribution in [0.3, 0.4) is 0 Å². The van der Waals surface area contributed by atoms with E-state index in [1.807, 2.05) is 0 Å². The van der Waals surface area contributed by atoms with E-state index >= 15 is 0 Å². The maximum atomic E-state index is 11.8. The van der Waals surface area contributed by atoms with Crippen LogP contribution in [0.5, 0.6) is 0 Å². The Bertz CT molecular complexity index is 826. The van der Waals surface area contributed by atoms with E-state index in [4.69, 9.17) is 27.9 Å². The van der Waals surface area contributed by atoms with Crippen LogP contribution in [0.15, 0.2) is 42.5 Å². The Morgan fingerprint density at radius 3 is 2.48 bits per heavy atom. The molecule has 0 atom stereocenters. The summed E-state index contributed by atoms with van der Waals surface area (Å²) in [5.41, 5.74) is 0.571. The second-order valence-electron chi connectivity index (χ2n) is 4.90. The van der Waals surface area contributed by atoms with E-state index in [9.17, 15) is 19.7 Å². The van der Waals surface area contributed by atoms with Gasteiger partial charge in [0, 0.05) is 17.2 Å². The van der Waals surface area contributed by atoms with Crippen LogP contribution in [0.1, 0.15) is 5.56 Å². The highest BCUT2D eigenvalue weighted by atomic mass is 35.5. The molecule has 130 valence electrons. The van der Waals surface area contributed by atoms with Crippen LogP contribution in [-0.4, -0.2) is 23.4 Å². The van der Waals surface area contributed by atoms with Crippen molar-refractivity contribution in [2.45, 2.75) is 6.42 Å². The van der Waals surface area contributed by atoms with Gasteiger partial charge < -0.3 is 10.1 Å². The molecule has 0 spiro atoms. The normalized spacial score (nSPS) is 10.2. The Hall–Kier alpha value is -2.64. The largest absolute Gasteiger partial charge is 0.455 e. The second kappa shape index (κ2) is 8.46. The van der Waals surface area contributed by atoms with Gasteiger partial charge in [0.25, 0.3) is 11.6 Å². The first kappa shape index (κ1) is 18.7. The first-order valence-corrected chi connectivity index (χ1v) is 7.75. The topological polar surface area (TPSA) is 98.5 Å². The molecule has 25 heavy (non-hydrogen) atoms. The molecule has 0 radical (unpaired) electrons. The van der Waals surface area contributed by atoms with E-state index in [0.717, 1.165) is 6.07 Å². The Morgan fingerprint density at radius 2 is 1.84 bits per heavy atom. The van der Waals surface area contributed by atoms with Gasteiger partial charge in [-0.05, 0) is 17.7 Å². The van der Waals surface area contributed by atoms with Crippen LogP contribution in [0.2, 0.25) is 10.0 Å². The number of carbonyl (C=O) groups is 2. The molecule has 2 aromatic rings. The van der Waals surface area contributed by atoms with Gasteiger partial charge in [0.15, 0.2) is 6.61 Å². The molecule has 0 aliphatic rings. The molecule has 2 aromatic carbocycles. The van der Waals surface area contributed by atoms with Crippen molar-refractivity contribution in [2.75, 3.05) is 11.9 Å². The number of nitrogens with one attached hydrogen (secondary N) is 1. The summed E-state index contributed by atoms with van der Waals surface area (Å²) >= 11 is 11.8. The smallest absolute Gasteiger partial charge is 0.310 e. The average molecular weight is 383 g/mol. The zero-order valence-corrected chi connectivity index (χ0v) is 14.2. The summed E-state index contributed by atoms with van der Waals surface area (Å²) in [5, 5.41) is 13.5. The van der Waals surface area contributed by atoms with Crippen molar-refractivity contribution in [2.24, 2.45) is 0 Å². The van der Waals surface area contributed by atoms with Gasteiger partial charge in [-0.2, -0.15) is 0 Å². The fourth-order valence-electron chi connectivity index (χ4n) is 1.90. The number of benzene rings is 2. The number of hydrogen-bond donors (Lipinski definition) is 1. The van der Waals surface area contributed by atoms with Gasteiger partial charge in [0.05, 0.1) is 22.1 Å². The number of anilines is 1. The Labute approximate surface area is 152 Å². The minimum Gasteiger partial charge on any atom is -0.455 e. The van der Waals surface area contributed by atoms with E-state index in [2.05, 4.69) is 5.32 Å². The molecule has 9 heteroatoms. The molecule has 0 unspecified atom stereocenters. The molecule has 1 amide bonds. The minimum absolute atomic E-state index is 0.00458. The standard InChI is InChI=1S/C16H12Cl2N2O5/c17-12-4-2-1-3-10(12)7-16(22)25-9-15(21)19-14-6-5-11(20(23)24)8-13(14)18/h1-6,8H,7,9H2,(H,19,21). The maximum Gasteiger partial charge on any atom is 0.310 e. The fourth-order valence-corrected chi connectivity index (χ4v) is 2.32. The number of hydrogen-bond acceptors (Lipinski definition) is 5. The first-order valence-electron chi connectivity index (χ1n) is 6.99. The molecule has 0 saturated heterocycles. The summed E-state index contributed by atoms with van der Waals surface area (Å²) in [5.74, 6) is -1.23. The summed E-state index contributed by atoms with van der Waals surface area (Å²) in [6.07, 6.45) is -0.0642. The third kappa shape index (κ3) is 5.44. The summed E-state index contributed by atoms with van der Waals surface area (Å²) in [7, 11) is 0. The third-order valence-corrected chi connectivity index (χ3v) is 3.78. The van der Waals surface area contributed by atoms with Crippen LogP contribution < -0.4 is 5.32 Å². The molecule has 0 bridgehead atoms. The molecular weight excluding hydrogens is 371 g/mol. The summed E-state index contributed by atoms with van der Waals surface area (Å²) in [6.45, 7) is -0.517. The van der Waals surface area contributed by atoms with E-state index in [-0.39, 0.29) is 22.8 Å². The van der Waals surface area contributed by atoms with Gasteiger partial charge in [-0.1, -0.05) is 41.4 Å². The van der Waals surface area contributed by atoms with E-state index in [1.165, 1.54) is 12.1 Å². The molecule has 1 N–H and O–H groups in total. The fraction of sp³-hybridized carbons (Fsp3) is 0.125. The quantitative estimate of drug-likeness (QED) is 0.467. The van der Waals surface area contributed by atoms with Crippen molar-refractivity contribution in [3.05, 3.63) is 68.2 Å². The molecular formula is C16H12Cl2N2O5. The second-order valence-corrected chi connectivity index (χ2v) is 5.71. The van der Waals surface area contributed by atoms with Gasteiger partial charge in [-0.25, -0.2) is 0 Å². The van der Waals surface area contributed by atoms with Crippen LogP contribution in [0.25, 0.3) is 0 Å².